The van der Waals surface area contributed by atoms with Gasteiger partial charge in [-0.3, -0.25) is 14.9 Å². The Morgan fingerprint density at radius 3 is 2.95 bits per heavy atom. The van der Waals surface area contributed by atoms with Crippen LogP contribution >= 0.6 is 0 Å². The van der Waals surface area contributed by atoms with E-state index in [1.54, 1.807) is 24.5 Å². The summed E-state index contributed by atoms with van der Waals surface area (Å²) in [6.45, 7) is 0. The topological polar surface area (TPSA) is 58.6 Å². The minimum Gasteiger partial charge on any atom is -0.298 e. The summed E-state index contributed by atoms with van der Waals surface area (Å²) in [6.07, 6.45) is 4.21. The van der Waals surface area contributed by atoms with Gasteiger partial charge in [-0.15, -0.1) is 0 Å². The van der Waals surface area contributed by atoms with Crippen LogP contribution in [0.3, 0.4) is 0 Å². The zero-order chi connectivity index (χ0) is 13.1. The standard InChI is InChI=1S/C15H9N3O/c19-10-12-3-5-13-14(17-18-15(13)8-12)6-4-11-2-1-7-16-9-11/h1-3,5,7-10H,(H,17,18). The van der Waals surface area contributed by atoms with Crippen LogP contribution in [-0.4, -0.2) is 21.5 Å². The highest BCUT2D eigenvalue weighted by molar-refractivity contribution is 5.89. The van der Waals surface area contributed by atoms with Gasteiger partial charge in [-0.05, 0) is 30.2 Å². The van der Waals surface area contributed by atoms with Crippen LogP contribution in [0.25, 0.3) is 10.9 Å². The molecule has 0 amide bonds. The molecule has 19 heavy (non-hydrogen) atoms. The minimum atomic E-state index is 0.603. The maximum Gasteiger partial charge on any atom is 0.150 e. The number of hydrogen-bond acceptors (Lipinski definition) is 3. The zero-order valence-corrected chi connectivity index (χ0v) is 9.92. The fourth-order valence-electron chi connectivity index (χ4n) is 1.77. The number of H-pyrrole nitrogens is 1. The van der Waals surface area contributed by atoms with Gasteiger partial charge in [-0.2, -0.15) is 5.10 Å². The number of benzene rings is 1. The van der Waals surface area contributed by atoms with Crippen LogP contribution in [0.4, 0.5) is 0 Å². The Bertz CT molecular complexity index is 794. The van der Waals surface area contributed by atoms with Gasteiger partial charge < -0.3 is 0 Å². The molecule has 3 aromatic rings. The first-order chi connectivity index (χ1) is 9.36. The van der Waals surface area contributed by atoms with Crippen LogP contribution in [-0.2, 0) is 0 Å². The highest BCUT2D eigenvalue weighted by Crippen LogP contribution is 2.16. The van der Waals surface area contributed by atoms with Crippen molar-refractivity contribution in [1.82, 2.24) is 15.2 Å². The summed E-state index contributed by atoms with van der Waals surface area (Å²) < 4.78 is 0. The largest absolute Gasteiger partial charge is 0.298 e. The van der Waals surface area contributed by atoms with Crippen molar-refractivity contribution in [2.75, 3.05) is 0 Å². The highest BCUT2D eigenvalue weighted by atomic mass is 16.1. The fraction of sp³-hybridized carbons (Fsp3) is 0. The summed E-state index contributed by atoms with van der Waals surface area (Å²) in [5.74, 6) is 6.04. The number of fused-ring (bicyclic) bond motifs is 1. The molecule has 0 saturated carbocycles. The van der Waals surface area contributed by atoms with Gasteiger partial charge in [-0.25, -0.2) is 0 Å². The second-order valence-corrected chi connectivity index (χ2v) is 3.98. The number of nitrogens with zero attached hydrogens (tertiary/aromatic N) is 2. The van der Waals surface area contributed by atoms with E-state index >= 15 is 0 Å². The molecule has 0 aliphatic heterocycles. The Kier molecular flexibility index (Phi) is 2.79. The van der Waals surface area contributed by atoms with Gasteiger partial charge in [0.15, 0.2) is 0 Å². The third kappa shape index (κ3) is 2.22. The molecule has 0 saturated heterocycles. The molecule has 0 aliphatic carbocycles. The van der Waals surface area contributed by atoms with Gasteiger partial charge in [0.1, 0.15) is 12.0 Å². The van der Waals surface area contributed by atoms with Crippen LogP contribution in [0.2, 0.25) is 0 Å². The zero-order valence-electron chi connectivity index (χ0n) is 9.92. The van der Waals surface area contributed by atoms with Gasteiger partial charge in [0.05, 0.1) is 5.52 Å². The van der Waals surface area contributed by atoms with Crippen molar-refractivity contribution in [3.8, 4) is 11.8 Å². The summed E-state index contributed by atoms with van der Waals surface area (Å²) in [5.41, 5.74) is 2.91. The van der Waals surface area contributed by atoms with Crippen LogP contribution in [0, 0.1) is 11.8 Å². The summed E-state index contributed by atoms with van der Waals surface area (Å²) in [5, 5.41) is 7.92. The quantitative estimate of drug-likeness (QED) is 0.529. The molecule has 3 rings (SSSR count). The van der Waals surface area contributed by atoms with Crippen molar-refractivity contribution in [2.45, 2.75) is 0 Å². The highest BCUT2D eigenvalue weighted by Gasteiger charge is 2.03. The van der Waals surface area contributed by atoms with E-state index < -0.39 is 0 Å². The Morgan fingerprint density at radius 1 is 1.21 bits per heavy atom. The SMILES string of the molecule is O=Cc1ccc2c(C#Cc3cccnc3)[nH]nc2c1. The number of aromatic amines is 1. The van der Waals surface area contributed by atoms with Crippen LogP contribution in [0.15, 0.2) is 42.7 Å². The summed E-state index contributed by atoms with van der Waals surface area (Å²) in [6, 6.07) is 9.05. The maximum absolute atomic E-state index is 10.7. The fourth-order valence-corrected chi connectivity index (χ4v) is 1.77. The van der Waals surface area contributed by atoms with E-state index in [2.05, 4.69) is 27.0 Å². The predicted octanol–water partition coefficient (Wildman–Crippen LogP) is 2.17. The number of rotatable bonds is 1. The number of nitrogens with one attached hydrogen (secondary N) is 1. The molecule has 1 N–H and O–H groups in total. The lowest BCUT2D eigenvalue weighted by Crippen LogP contribution is -1.79. The Balaban J connectivity index is 2.03. The molecule has 0 spiro atoms. The molecular formula is C15H9N3O. The number of aldehydes is 1. The van der Waals surface area contributed by atoms with Gasteiger partial charge in [0.25, 0.3) is 0 Å². The van der Waals surface area contributed by atoms with E-state index in [0.29, 0.717) is 5.56 Å². The first-order valence-corrected chi connectivity index (χ1v) is 5.72. The van der Waals surface area contributed by atoms with E-state index in [1.807, 2.05) is 18.2 Å². The molecule has 0 unspecified atom stereocenters. The summed E-state index contributed by atoms with van der Waals surface area (Å²) >= 11 is 0. The second-order valence-electron chi connectivity index (χ2n) is 3.98. The second kappa shape index (κ2) is 4.75. The Morgan fingerprint density at radius 2 is 2.16 bits per heavy atom. The van der Waals surface area contributed by atoms with Crippen LogP contribution in [0.1, 0.15) is 21.6 Å². The molecule has 0 aliphatic rings. The number of carbonyl (C=O) groups excluding carboxylic acids is 1. The molecule has 2 aromatic heterocycles. The molecule has 90 valence electrons. The lowest BCUT2D eigenvalue weighted by molar-refractivity contribution is 0.112. The van der Waals surface area contributed by atoms with Gasteiger partial charge >= 0.3 is 0 Å². The maximum atomic E-state index is 10.7. The third-order valence-corrected chi connectivity index (χ3v) is 2.71. The van der Waals surface area contributed by atoms with E-state index in [-0.39, 0.29) is 0 Å². The molecule has 1 aromatic carbocycles. The normalized spacial score (nSPS) is 9.89. The molecule has 4 nitrogen and oxygen atoms in total. The lowest BCUT2D eigenvalue weighted by Gasteiger charge is -1.90. The smallest absolute Gasteiger partial charge is 0.150 e. The average molecular weight is 247 g/mol. The number of pyridine rings is 1. The molecule has 0 atom stereocenters. The van der Waals surface area contributed by atoms with E-state index in [9.17, 15) is 4.79 Å². The number of hydrogen-bond donors (Lipinski definition) is 1. The molecule has 0 fully saturated rings. The van der Waals surface area contributed by atoms with E-state index in [4.69, 9.17) is 0 Å². The van der Waals surface area contributed by atoms with Crippen molar-refractivity contribution in [1.29, 1.82) is 0 Å². The summed E-state index contributed by atoms with van der Waals surface area (Å²) in [4.78, 5) is 14.7. The number of aromatic nitrogens is 3. The molecule has 2 heterocycles. The van der Waals surface area contributed by atoms with Gasteiger partial charge in [0, 0.05) is 28.9 Å². The first kappa shape index (κ1) is 11.2. The van der Waals surface area contributed by atoms with Crippen molar-refractivity contribution >= 4 is 17.2 Å². The van der Waals surface area contributed by atoms with E-state index in [1.165, 1.54) is 0 Å². The van der Waals surface area contributed by atoms with Gasteiger partial charge in [-0.1, -0.05) is 12.0 Å². The minimum absolute atomic E-state index is 0.603. The molecule has 4 heteroatoms. The third-order valence-electron chi connectivity index (χ3n) is 2.71. The Labute approximate surface area is 109 Å². The van der Waals surface area contributed by atoms with E-state index in [0.717, 1.165) is 28.4 Å². The van der Waals surface area contributed by atoms with Crippen molar-refractivity contribution in [2.24, 2.45) is 0 Å². The molecule has 0 bridgehead atoms. The molecule has 0 radical (unpaired) electrons. The van der Waals surface area contributed by atoms with Crippen molar-refractivity contribution in [3.63, 3.8) is 0 Å². The average Bonchev–Trinajstić information content (AvgIpc) is 2.88. The van der Waals surface area contributed by atoms with Gasteiger partial charge in [0.2, 0.25) is 0 Å². The molecular weight excluding hydrogens is 238 g/mol. The summed E-state index contributed by atoms with van der Waals surface area (Å²) in [7, 11) is 0. The number of carbonyl (C=O) groups is 1. The van der Waals surface area contributed by atoms with Crippen molar-refractivity contribution in [3.05, 3.63) is 59.5 Å². The van der Waals surface area contributed by atoms with Crippen LogP contribution < -0.4 is 0 Å². The lowest BCUT2D eigenvalue weighted by atomic mass is 10.1. The van der Waals surface area contributed by atoms with Crippen molar-refractivity contribution < 1.29 is 4.79 Å². The first-order valence-electron chi connectivity index (χ1n) is 5.72. The van der Waals surface area contributed by atoms with Crippen LogP contribution in [0.5, 0.6) is 0 Å². The predicted molar refractivity (Wildman–Crippen MR) is 71.7 cm³/mol. The Hall–Kier alpha value is -2.93. The monoisotopic (exact) mass is 247 g/mol.